The second-order valence-corrected chi connectivity index (χ2v) is 4.46. The first-order valence-corrected chi connectivity index (χ1v) is 6.17. The van der Waals surface area contributed by atoms with E-state index < -0.39 is 12.3 Å². The lowest BCUT2D eigenvalue weighted by molar-refractivity contribution is -0.274. The van der Waals surface area contributed by atoms with E-state index in [-0.39, 0.29) is 11.4 Å². The zero-order valence-corrected chi connectivity index (χ0v) is 10.9. The molecule has 0 bridgehead atoms. The standard InChI is InChI=1S/C12H8F3NO3S/c1-18-11(17)9-6-20-10(16-9)7-2-4-8(5-3-7)19-12(13,14)15/h2-6H,1H3. The molecule has 0 aliphatic rings. The van der Waals surface area contributed by atoms with Crippen molar-refractivity contribution in [3.8, 4) is 16.3 Å². The third-order valence-corrected chi connectivity index (χ3v) is 3.12. The first-order chi connectivity index (χ1) is 9.39. The predicted molar refractivity (Wildman–Crippen MR) is 65.6 cm³/mol. The number of esters is 1. The summed E-state index contributed by atoms with van der Waals surface area (Å²) in [5.74, 6) is -0.879. The van der Waals surface area contributed by atoms with E-state index in [0.29, 0.717) is 10.6 Å². The highest BCUT2D eigenvalue weighted by Crippen LogP contribution is 2.28. The number of thiazole rings is 1. The van der Waals surface area contributed by atoms with Crippen molar-refractivity contribution in [2.75, 3.05) is 7.11 Å². The normalized spacial score (nSPS) is 11.2. The predicted octanol–water partition coefficient (Wildman–Crippen LogP) is 3.50. The van der Waals surface area contributed by atoms with Gasteiger partial charge >= 0.3 is 12.3 Å². The van der Waals surface area contributed by atoms with Crippen LogP contribution in [0.5, 0.6) is 5.75 Å². The van der Waals surface area contributed by atoms with E-state index in [9.17, 15) is 18.0 Å². The van der Waals surface area contributed by atoms with E-state index in [1.807, 2.05) is 0 Å². The van der Waals surface area contributed by atoms with Gasteiger partial charge in [0.15, 0.2) is 5.69 Å². The Morgan fingerprint density at radius 1 is 1.25 bits per heavy atom. The Labute approximate surface area is 115 Å². The summed E-state index contributed by atoms with van der Waals surface area (Å²) in [4.78, 5) is 15.3. The maximum Gasteiger partial charge on any atom is 0.573 e. The number of rotatable bonds is 3. The van der Waals surface area contributed by atoms with Gasteiger partial charge in [0, 0.05) is 10.9 Å². The van der Waals surface area contributed by atoms with Crippen LogP contribution in [0.1, 0.15) is 10.5 Å². The third kappa shape index (κ3) is 3.47. The van der Waals surface area contributed by atoms with Gasteiger partial charge in [0.2, 0.25) is 0 Å². The van der Waals surface area contributed by atoms with Gasteiger partial charge in [0.25, 0.3) is 0 Å². The fourth-order valence-electron chi connectivity index (χ4n) is 1.40. The number of ether oxygens (including phenoxy) is 2. The molecule has 1 aromatic heterocycles. The highest BCUT2D eigenvalue weighted by molar-refractivity contribution is 7.13. The van der Waals surface area contributed by atoms with Crippen molar-refractivity contribution < 1.29 is 27.4 Å². The smallest absolute Gasteiger partial charge is 0.464 e. The summed E-state index contributed by atoms with van der Waals surface area (Å²) in [5.41, 5.74) is 0.739. The second-order valence-electron chi connectivity index (χ2n) is 3.60. The largest absolute Gasteiger partial charge is 0.573 e. The minimum atomic E-state index is -4.72. The Morgan fingerprint density at radius 2 is 1.90 bits per heavy atom. The Hall–Kier alpha value is -2.09. The lowest BCUT2D eigenvalue weighted by Crippen LogP contribution is -2.16. The maximum absolute atomic E-state index is 12.0. The van der Waals surface area contributed by atoms with Crippen molar-refractivity contribution in [1.29, 1.82) is 0 Å². The fourth-order valence-corrected chi connectivity index (χ4v) is 2.20. The molecular weight excluding hydrogens is 295 g/mol. The van der Waals surface area contributed by atoms with Crippen LogP contribution < -0.4 is 4.74 Å². The molecule has 0 aliphatic carbocycles. The number of aromatic nitrogens is 1. The molecule has 1 aromatic carbocycles. The first kappa shape index (κ1) is 14.3. The number of nitrogens with zero attached hydrogens (tertiary/aromatic N) is 1. The van der Waals surface area contributed by atoms with Crippen LogP contribution in [0.15, 0.2) is 29.6 Å². The molecule has 0 amide bonds. The minimum Gasteiger partial charge on any atom is -0.464 e. The first-order valence-electron chi connectivity index (χ1n) is 5.29. The average Bonchev–Trinajstić information content (AvgIpc) is 2.86. The van der Waals surface area contributed by atoms with Crippen LogP contribution in [0.25, 0.3) is 10.6 Å². The molecule has 1 heterocycles. The molecule has 20 heavy (non-hydrogen) atoms. The molecule has 0 aliphatic heterocycles. The van der Waals surface area contributed by atoms with E-state index in [1.165, 1.54) is 48.1 Å². The second kappa shape index (κ2) is 5.49. The Bertz CT molecular complexity index is 607. The minimum absolute atomic E-state index is 0.156. The lowest BCUT2D eigenvalue weighted by atomic mass is 10.2. The van der Waals surface area contributed by atoms with Gasteiger partial charge in [-0.25, -0.2) is 9.78 Å². The van der Waals surface area contributed by atoms with Gasteiger partial charge in [-0.1, -0.05) is 0 Å². The zero-order valence-electron chi connectivity index (χ0n) is 10.1. The van der Waals surface area contributed by atoms with Crippen LogP contribution in [0, 0.1) is 0 Å². The number of carbonyl (C=O) groups is 1. The van der Waals surface area contributed by atoms with Crippen molar-refractivity contribution in [1.82, 2.24) is 4.98 Å². The molecule has 0 atom stereocenters. The topological polar surface area (TPSA) is 48.4 Å². The summed E-state index contributed by atoms with van der Waals surface area (Å²) in [5, 5.41) is 2.02. The Kier molecular flexibility index (Phi) is 3.93. The molecule has 2 aromatic rings. The number of methoxy groups -OCH3 is 1. The van der Waals surface area contributed by atoms with Crippen molar-refractivity contribution >= 4 is 17.3 Å². The van der Waals surface area contributed by atoms with Gasteiger partial charge in [-0.15, -0.1) is 24.5 Å². The number of halogens is 3. The van der Waals surface area contributed by atoms with Crippen molar-refractivity contribution in [3.63, 3.8) is 0 Å². The van der Waals surface area contributed by atoms with Crippen molar-refractivity contribution in [3.05, 3.63) is 35.3 Å². The van der Waals surface area contributed by atoms with E-state index >= 15 is 0 Å². The zero-order chi connectivity index (χ0) is 14.8. The van der Waals surface area contributed by atoms with Gasteiger partial charge in [-0.05, 0) is 24.3 Å². The summed E-state index contributed by atoms with van der Waals surface area (Å²) in [6.45, 7) is 0. The number of hydrogen-bond acceptors (Lipinski definition) is 5. The van der Waals surface area contributed by atoms with Crippen LogP contribution in [0.3, 0.4) is 0 Å². The molecule has 8 heteroatoms. The number of hydrogen-bond donors (Lipinski definition) is 0. The molecular formula is C12H8F3NO3S. The Morgan fingerprint density at radius 3 is 2.45 bits per heavy atom. The molecule has 4 nitrogen and oxygen atoms in total. The molecule has 0 fully saturated rings. The molecule has 0 radical (unpaired) electrons. The molecule has 0 unspecified atom stereocenters. The number of benzene rings is 1. The van der Waals surface area contributed by atoms with Crippen LogP contribution in [0.2, 0.25) is 0 Å². The molecule has 0 saturated heterocycles. The Balaban J connectivity index is 2.18. The molecule has 0 N–H and O–H groups in total. The van der Waals surface area contributed by atoms with Crippen molar-refractivity contribution in [2.24, 2.45) is 0 Å². The fraction of sp³-hybridized carbons (Fsp3) is 0.167. The molecule has 2 rings (SSSR count). The van der Waals surface area contributed by atoms with Gasteiger partial charge < -0.3 is 9.47 Å². The highest BCUT2D eigenvalue weighted by Gasteiger charge is 2.31. The molecule has 0 saturated carbocycles. The summed E-state index contributed by atoms with van der Waals surface area (Å²) in [6.07, 6.45) is -4.72. The average molecular weight is 303 g/mol. The molecule has 106 valence electrons. The van der Waals surface area contributed by atoms with E-state index in [0.717, 1.165) is 0 Å². The summed E-state index contributed by atoms with van der Waals surface area (Å²) in [6, 6.07) is 5.23. The van der Waals surface area contributed by atoms with Gasteiger partial charge in [0.1, 0.15) is 10.8 Å². The highest BCUT2D eigenvalue weighted by atomic mass is 32.1. The summed E-state index contributed by atoms with van der Waals surface area (Å²) in [7, 11) is 1.24. The van der Waals surface area contributed by atoms with Crippen LogP contribution >= 0.6 is 11.3 Å². The van der Waals surface area contributed by atoms with Crippen molar-refractivity contribution in [2.45, 2.75) is 6.36 Å². The van der Waals surface area contributed by atoms with E-state index in [2.05, 4.69) is 14.5 Å². The number of carbonyl (C=O) groups excluding carboxylic acids is 1. The molecule has 0 spiro atoms. The van der Waals surface area contributed by atoms with Crippen LogP contribution in [-0.2, 0) is 4.74 Å². The monoisotopic (exact) mass is 303 g/mol. The van der Waals surface area contributed by atoms with Crippen LogP contribution in [0.4, 0.5) is 13.2 Å². The SMILES string of the molecule is COC(=O)c1csc(-c2ccc(OC(F)(F)F)cc2)n1. The number of alkyl halides is 3. The van der Waals surface area contributed by atoms with Gasteiger partial charge in [0.05, 0.1) is 7.11 Å². The maximum atomic E-state index is 12.0. The van der Waals surface area contributed by atoms with E-state index in [4.69, 9.17) is 0 Å². The lowest BCUT2D eigenvalue weighted by Gasteiger charge is -2.08. The quantitative estimate of drug-likeness (QED) is 0.814. The third-order valence-electron chi connectivity index (χ3n) is 2.23. The summed E-state index contributed by atoms with van der Waals surface area (Å²) >= 11 is 1.19. The van der Waals surface area contributed by atoms with Crippen LogP contribution in [-0.4, -0.2) is 24.4 Å². The van der Waals surface area contributed by atoms with Gasteiger partial charge in [-0.3, -0.25) is 0 Å². The van der Waals surface area contributed by atoms with E-state index in [1.54, 1.807) is 0 Å². The summed E-state index contributed by atoms with van der Waals surface area (Å²) < 4.78 is 44.3. The van der Waals surface area contributed by atoms with Gasteiger partial charge in [-0.2, -0.15) is 0 Å².